The Labute approximate surface area is 129 Å². The third-order valence-corrected chi connectivity index (χ3v) is 3.17. The summed E-state index contributed by atoms with van der Waals surface area (Å²) in [5.41, 5.74) is 0.950. The zero-order chi connectivity index (χ0) is 15.8. The summed E-state index contributed by atoms with van der Waals surface area (Å²) in [7, 11) is 1.58. The molecule has 6 nitrogen and oxygen atoms in total. The lowest BCUT2D eigenvalue weighted by Gasteiger charge is -2.19. The number of carbonyl (C=O) groups is 1. The van der Waals surface area contributed by atoms with Gasteiger partial charge in [-0.3, -0.25) is 0 Å². The highest BCUT2D eigenvalue weighted by Gasteiger charge is 2.16. The van der Waals surface area contributed by atoms with E-state index >= 15 is 0 Å². The van der Waals surface area contributed by atoms with Crippen LogP contribution in [0.4, 0.5) is 4.79 Å². The van der Waals surface area contributed by atoms with Crippen LogP contribution in [-0.4, -0.2) is 31.4 Å². The molecule has 0 saturated heterocycles. The third-order valence-electron chi connectivity index (χ3n) is 3.17. The van der Waals surface area contributed by atoms with Crippen LogP contribution in [0.25, 0.3) is 0 Å². The topological polar surface area (TPSA) is 83.7 Å². The fourth-order valence-electron chi connectivity index (χ4n) is 2.05. The second-order valence-corrected chi connectivity index (χ2v) is 4.80. The molecule has 6 heteroatoms. The number of nitrogens with one attached hydrogen (secondary N) is 2. The van der Waals surface area contributed by atoms with Gasteiger partial charge in [-0.25, -0.2) is 4.79 Å². The van der Waals surface area contributed by atoms with Crippen molar-refractivity contribution in [3.05, 3.63) is 60.1 Å². The van der Waals surface area contributed by atoms with Gasteiger partial charge >= 0.3 is 6.03 Å². The van der Waals surface area contributed by atoms with Gasteiger partial charge in [-0.15, -0.1) is 0 Å². The van der Waals surface area contributed by atoms with Gasteiger partial charge in [0, 0.05) is 7.11 Å². The number of hydrogen-bond donors (Lipinski definition) is 3. The van der Waals surface area contributed by atoms with Crippen LogP contribution < -0.4 is 10.6 Å². The molecule has 0 fully saturated rings. The minimum absolute atomic E-state index is 0.0633. The van der Waals surface area contributed by atoms with Crippen molar-refractivity contribution in [2.24, 2.45) is 0 Å². The molecule has 1 aromatic heterocycles. The molecule has 0 spiro atoms. The molecule has 0 bridgehead atoms. The van der Waals surface area contributed by atoms with Crippen LogP contribution in [0.3, 0.4) is 0 Å². The first-order valence-corrected chi connectivity index (χ1v) is 7.00. The van der Waals surface area contributed by atoms with Crippen molar-refractivity contribution in [2.75, 3.05) is 20.3 Å². The molecule has 2 unspecified atom stereocenters. The van der Waals surface area contributed by atoms with Gasteiger partial charge < -0.3 is 24.9 Å². The number of carbonyl (C=O) groups excluding carboxylic acids is 1. The van der Waals surface area contributed by atoms with Gasteiger partial charge in [-0.05, 0) is 17.7 Å². The molecule has 0 aliphatic carbocycles. The van der Waals surface area contributed by atoms with Gasteiger partial charge in [0.25, 0.3) is 0 Å². The standard InChI is InChI=1S/C16H20N2O4/c1-21-11-13(12-6-3-2-4-7-12)18-16(20)17-10-14(19)15-8-5-9-22-15/h2-9,13-14,19H,10-11H2,1H3,(H2,17,18,20). The summed E-state index contributed by atoms with van der Waals surface area (Å²) >= 11 is 0. The van der Waals surface area contributed by atoms with Crippen LogP contribution in [0.15, 0.2) is 53.1 Å². The minimum Gasteiger partial charge on any atom is -0.467 e. The van der Waals surface area contributed by atoms with E-state index in [9.17, 15) is 9.90 Å². The fourth-order valence-corrected chi connectivity index (χ4v) is 2.05. The first-order valence-electron chi connectivity index (χ1n) is 7.00. The Bertz CT molecular complexity index is 557. The van der Waals surface area contributed by atoms with Crippen molar-refractivity contribution in [3.63, 3.8) is 0 Å². The number of ether oxygens (including phenoxy) is 1. The molecule has 0 radical (unpaired) electrons. The number of aliphatic hydroxyl groups excluding tert-OH is 1. The number of hydrogen-bond acceptors (Lipinski definition) is 4. The predicted molar refractivity (Wildman–Crippen MR) is 81.3 cm³/mol. The van der Waals surface area contributed by atoms with Crippen molar-refractivity contribution >= 4 is 6.03 Å². The summed E-state index contributed by atoms with van der Waals surface area (Å²) in [6, 6.07) is 12.3. The second kappa shape index (κ2) is 8.21. The molecule has 1 aromatic carbocycles. The molecule has 0 aliphatic rings. The summed E-state index contributed by atoms with van der Waals surface area (Å²) in [4.78, 5) is 12.0. The van der Waals surface area contributed by atoms with Crippen molar-refractivity contribution in [1.82, 2.24) is 10.6 Å². The molecule has 0 saturated carbocycles. The highest BCUT2D eigenvalue weighted by atomic mass is 16.5. The van der Waals surface area contributed by atoms with Crippen molar-refractivity contribution < 1.29 is 19.1 Å². The van der Waals surface area contributed by atoms with Crippen LogP contribution >= 0.6 is 0 Å². The van der Waals surface area contributed by atoms with Crippen LogP contribution in [0, 0.1) is 0 Å². The normalized spacial score (nSPS) is 13.4. The zero-order valence-corrected chi connectivity index (χ0v) is 12.4. The highest BCUT2D eigenvalue weighted by molar-refractivity contribution is 5.74. The van der Waals surface area contributed by atoms with Crippen molar-refractivity contribution in [3.8, 4) is 0 Å². The Kier molecular flexibility index (Phi) is 6.00. The monoisotopic (exact) mass is 304 g/mol. The molecular formula is C16H20N2O4. The molecule has 2 rings (SSSR count). The molecule has 118 valence electrons. The zero-order valence-electron chi connectivity index (χ0n) is 12.4. The number of furan rings is 1. The van der Waals surface area contributed by atoms with E-state index in [0.717, 1.165) is 5.56 Å². The number of rotatable bonds is 7. The van der Waals surface area contributed by atoms with E-state index in [0.29, 0.717) is 12.4 Å². The molecule has 2 amide bonds. The fraction of sp³-hybridized carbons (Fsp3) is 0.312. The van der Waals surface area contributed by atoms with E-state index in [4.69, 9.17) is 9.15 Å². The number of benzene rings is 1. The number of amides is 2. The van der Waals surface area contributed by atoms with Gasteiger partial charge in [0.05, 0.1) is 25.5 Å². The lowest BCUT2D eigenvalue weighted by Crippen LogP contribution is -2.41. The SMILES string of the molecule is COCC(NC(=O)NCC(O)c1ccco1)c1ccccc1. The van der Waals surface area contributed by atoms with Gasteiger partial charge in [0.1, 0.15) is 11.9 Å². The largest absolute Gasteiger partial charge is 0.467 e. The summed E-state index contributed by atoms with van der Waals surface area (Å²) < 4.78 is 10.2. The molecule has 2 atom stereocenters. The average Bonchev–Trinajstić information content (AvgIpc) is 3.07. The van der Waals surface area contributed by atoms with E-state index in [-0.39, 0.29) is 18.6 Å². The Hall–Kier alpha value is -2.31. The number of urea groups is 1. The number of aliphatic hydroxyl groups is 1. The predicted octanol–water partition coefficient (Wildman–Crippen LogP) is 2.00. The maximum Gasteiger partial charge on any atom is 0.315 e. The molecule has 2 aromatic rings. The molecule has 0 aliphatic heterocycles. The average molecular weight is 304 g/mol. The van der Waals surface area contributed by atoms with Crippen molar-refractivity contribution in [1.29, 1.82) is 0 Å². The molecule has 22 heavy (non-hydrogen) atoms. The van der Waals surface area contributed by atoms with Gasteiger partial charge in [-0.2, -0.15) is 0 Å². The molecular weight excluding hydrogens is 284 g/mol. The van der Waals surface area contributed by atoms with E-state index in [1.165, 1.54) is 6.26 Å². The van der Waals surface area contributed by atoms with E-state index < -0.39 is 6.10 Å². The Morgan fingerprint density at radius 1 is 1.27 bits per heavy atom. The summed E-state index contributed by atoms with van der Waals surface area (Å²) in [6.07, 6.45) is 0.598. The lowest BCUT2D eigenvalue weighted by atomic mass is 10.1. The van der Waals surface area contributed by atoms with Gasteiger partial charge in [-0.1, -0.05) is 30.3 Å². The van der Waals surface area contributed by atoms with Crippen LogP contribution in [0.1, 0.15) is 23.5 Å². The third kappa shape index (κ3) is 4.61. The first-order chi connectivity index (χ1) is 10.7. The maximum atomic E-state index is 12.0. The lowest BCUT2D eigenvalue weighted by molar-refractivity contribution is 0.144. The molecule has 1 heterocycles. The first kappa shape index (κ1) is 16.1. The highest BCUT2D eigenvalue weighted by Crippen LogP contribution is 2.13. The van der Waals surface area contributed by atoms with E-state index in [1.54, 1.807) is 19.2 Å². The second-order valence-electron chi connectivity index (χ2n) is 4.80. The Morgan fingerprint density at radius 3 is 2.68 bits per heavy atom. The van der Waals surface area contributed by atoms with Crippen LogP contribution in [0.2, 0.25) is 0 Å². The van der Waals surface area contributed by atoms with E-state index in [2.05, 4.69) is 10.6 Å². The summed E-state index contributed by atoms with van der Waals surface area (Å²) in [6.45, 7) is 0.423. The quantitative estimate of drug-likeness (QED) is 0.730. The van der Waals surface area contributed by atoms with Crippen molar-refractivity contribution in [2.45, 2.75) is 12.1 Å². The van der Waals surface area contributed by atoms with Gasteiger partial charge in [0.2, 0.25) is 0 Å². The smallest absolute Gasteiger partial charge is 0.315 e. The Balaban J connectivity index is 1.86. The van der Waals surface area contributed by atoms with Crippen LogP contribution in [0.5, 0.6) is 0 Å². The molecule has 3 N–H and O–H groups in total. The maximum absolute atomic E-state index is 12.0. The Morgan fingerprint density at radius 2 is 2.05 bits per heavy atom. The number of methoxy groups -OCH3 is 1. The van der Waals surface area contributed by atoms with Gasteiger partial charge in [0.15, 0.2) is 0 Å². The summed E-state index contributed by atoms with van der Waals surface area (Å²) in [5.74, 6) is 0.414. The summed E-state index contributed by atoms with van der Waals surface area (Å²) in [5, 5.41) is 15.3. The minimum atomic E-state index is -0.877. The van der Waals surface area contributed by atoms with E-state index in [1.807, 2.05) is 30.3 Å². The van der Waals surface area contributed by atoms with Crippen LogP contribution in [-0.2, 0) is 4.74 Å².